The van der Waals surface area contributed by atoms with Gasteiger partial charge in [0.05, 0.1) is 19.3 Å². The molecule has 0 aromatic heterocycles. The molecule has 0 spiro atoms. The summed E-state index contributed by atoms with van der Waals surface area (Å²) in [6.07, 6.45) is 5.80. The highest BCUT2D eigenvalue weighted by Crippen LogP contribution is 2.24. The lowest BCUT2D eigenvalue weighted by Gasteiger charge is -2.16. The summed E-state index contributed by atoms with van der Waals surface area (Å²) in [5.74, 6) is 0.144. The number of rotatable bonds is 9. The van der Waals surface area contributed by atoms with E-state index in [1.807, 2.05) is 13.0 Å². The van der Waals surface area contributed by atoms with Crippen molar-refractivity contribution >= 4 is 5.97 Å². The summed E-state index contributed by atoms with van der Waals surface area (Å²) in [6.45, 7) is 4.19. The third kappa shape index (κ3) is 7.13. The molecule has 0 saturated carbocycles. The van der Waals surface area contributed by atoms with Crippen LogP contribution in [0.15, 0.2) is 48.6 Å². The average Bonchev–Trinajstić information content (AvgIpc) is 2.56. The van der Waals surface area contributed by atoms with Crippen molar-refractivity contribution in [3.63, 3.8) is 0 Å². The van der Waals surface area contributed by atoms with Crippen LogP contribution in [0.25, 0.3) is 0 Å². The fourth-order valence-corrected chi connectivity index (χ4v) is 1.90. The van der Waals surface area contributed by atoms with Crippen LogP contribution in [-0.2, 0) is 9.53 Å². The van der Waals surface area contributed by atoms with E-state index in [1.165, 1.54) is 6.08 Å². The Bertz CT molecular complexity index is 519. The molecule has 2 atom stereocenters. The van der Waals surface area contributed by atoms with Crippen molar-refractivity contribution in [2.45, 2.75) is 20.0 Å². The minimum Gasteiger partial charge on any atom is -0.491 e. The van der Waals surface area contributed by atoms with Crippen LogP contribution in [0.2, 0.25) is 0 Å². The Morgan fingerprint density at radius 2 is 1.96 bits per heavy atom. The molecule has 0 bridgehead atoms. The van der Waals surface area contributed by atoms with Crippen LogP contribution in [0, 0.1) is 5.92 Å². The molecule has 0 aliphatic heterocycles. The number of carbonyl (C=O) groups is 1. The zero-order chi connectivity index (χ0) is 17.1. The molecule has 1 aromatic rings. The Kier molecular flexibility index (Phi) is 8.72. The molecule has 0 aliphatic rings. The Balaban J connectivity index is 2.55. The van der Waals surface area contributed by atoms with E-state index < -0.39 is 6.10 Å². The fourth-order valence-electron chi connectivity index (χ4n) is 1.90. The lowest BCUT2D eigenvalue weighted by Crippen LogP contribution is -2.07. The summed E-state index contributed by atoms with van der Waals surface area (Å²) in [4.78, 5) is 11.1. The molecule has 0 amide bonds. The highest BCUT2D eigenvalue weighted by atomic mass is 16.5. The largest absolute Gasteiger partial charge is 0.491 e. The topological polar surface area (TPSA) is 76.0 Å². The molecule has 1 aromatic carbocycles. The second-order valence-corrected chi connectivity index (χ2v) is 4.94. The monoisotopic (exact) mass is 320 g/mol. The molecule has 2 N–H and O–H groups in total. The normalized spacial score (nSPS) is 14.1. The number of esters is 1. The first kappa shape index (κ1) is 18.9. The molecule has 5 nitrogen and oxygen atoms in total. The van der Waals surface area contributed by atoms with E-state index in [2.05, 4.69) is 0 Å². The van der Waals surface area contributed by atoms with Gasteiger partial charge in [-0.1, -0.05) is 37.3 Å². The van der Waals surface area contributed by atoms with Gasteiger partial charge in [0.2, 0.25) is 0 Å². The molecular weight excluding hydrogens is 296 g/mol. The van der Waals surface area contributed by atoms with Gasteiger partial charge in [-0.2, -0.15) is 0 Å². The van der Waals surface area contributed by atoms with Crippen LogP contribution < -0.4 is 4.74 Å². The maximum atomic E-state index is 11.1. The van der Waals surface area contributed by atoms with Crippen molar-refractivity contribution in [1.82, 2.24) is 0 Å². The van der Waals surface area contributed by atoms with Crippen molar-refractivity contribution in [1.29, 1.82) is 0 Å². The number of allylic oxidation sites excluding steroid dienone is 2. The third-order valence-corrected chi connectivity index (χ3v) is 3.12. The number of aliphatic hydroxyl groups is 2. The second-order valence-electron chi connectivity index (χ2n) is 4.94. The quantitative estimate of drug-likeness (QED) is 0.415. The first-order chi connectivity index (χ1) is 11.1. The molecule has 0 radical (unpaired) electrons. The first-order valence-corrected chi connectivity index (χ1v) is 7.61. The van der Waals surface area contributed by atoms with E-state index in [1.54, 1.807) is 43.3 Å². The summed E-state index contributed by atoms with van der Waals surface area (Å²) in [5.41, 5.74) is 0.771. The Labute approximate surface area is 136 Å². The van der Waals surface area contributed by atoms with Crippen LogP contribution in [0.1, 0.15) is 25.5 Å². The zero-order valence-electron chi connectivity index (χ0n) is 13.5. The summed E-state index contributed by atoms with van der Waals surface area (Å²) >= 11 is 0. The van der Waals surface area contributed by atoms with E-state index in [4.69, 9.17) is 14.6 Å². The van der Waals surface area contributed by atoms with Gasteiger partial charge < -0.3 is 19.7 Å². The molecular formula is C18H24O5. The van der Waals surface area contributed by atoms with Crippen LogP contribution in [0.4, 0.5) is 0 Å². The van der Waals surface area contributed by atoms with E-state index in [9.17, 15) is 9.90 Å². The van der Waals surface area contributed by atoms with E-state index >= 15 is 0 Å². The number of ether oxygens (including phenoxy) is 2. The van der Waals surface area contributed by atoms with Crippen molar-refractivity contribution < 1.29 is 24.5 Å². The molecule has 5 heteroatoms. The molecule has 0 fully saturated rings. The lowest BCUT2D eigenvalue weighted by molar-refractivity contribution is -0.137. The molecule has 1 rings (SSSR count). The van der Waals surface area contributed by atoms with Gasteiger partial charge in [0.15, 0.2) is 0 Å². The van der Waals surface area contributed by atoms with Gasteiger partial charge in [0, 0.05) is 12.0 Å². The van der Waals surface area contributed by atoms with Crippen LogP contribution in [0.3, 0.4) is 0 Å². The minimum atomic E-state index is -0.658. The summed E-state index contributed by atoms with van der Waals surface area (Å²) in [7, 11) is 0. The van der Waals surface area contributed by atoms with Gasteiger partial charge in [-0.3, -0.25) is 0 Å². The highest BCUT2D eigenvalue weighted by Gasteiger charge is 2.13. The van der Waals surface area contributed by atoms with Crippen molar-refractivity contribution in [3.8, 4) is 5.75 Å². The molecule has 0 unspecified atom stereocenters. The standard InChI is InChI=1S/C18H24O5/c1-3-22-17(20)7-5-4-6-14(2)18(21)15-8-10-16(11-9-15)23-13-12-19/h4-11,14,18-19,21H,3,12-13H2,1-2H3/b6-4+,7-5+/t14-,18-/m0/s1. The number of benzene rings is 1. The maximum absolute atomic E-state index is 11.1. The van der Waals surface area contributed by atoms with E-state index in [0.29, 0.717) is 12.4 Å². The second kappa shape index (κ2) is 10.6. The van der Waals surface area contributed by atoms with Gasteiger partial charge in [0.1, 0.15) is 12.4 Å². The zero-order valence-corrected chi connectivity index (χ0v) is 13.5. The summed E-state index contributed by atoms with van der Waals surface area (Å²) in [5, 5.41) is 19.0. The van der Waals surface area contributed by atoms with Crippen molar-refractivity contribution in [2.24, 2.45) is 5.92 Å². The van der Waals surface area contributed by atoms with E-state index in [-0.39, 0.29) is 25.1 Å². The lowest BCUT2D eigenvalue weighted by atomic mass is 9.97. The third-order valence-electron chi connectivity index (χ3n) is 3.12. The Morgan fingerprint density at radius 3 is 2.57 bits per heavy atom. The highest BCUT2D eigenvalue weighted by molar-refractivity contribution is 5.82. The Morgan fingerprint density at radius 1 is 1.26 bits per heavy atom. The van der Waals surface area contributed by atoms with E-state index in [0.717, 1.165) is 5.56 Å². The molecule has 0 heterocycles. The maximum Gasteiger partial charge on any atom is 0.330 e. The first-order valence-electron chi connectivity index (χ1n) is 7.61. The van der Waals surface area contributed by atoms with Crippen LogP contribution in [0.5, 0.6) is 5.75 Å². The summed E-state index contributed by atoms with van der Waals surface area (Å²) in [6, 6.07) is 7.09. The number of aliphatic hydroxyl groups excluding tert-OH is 2. The number of hydrogen-bond acceptors (Lipinski definition) is 5. The molecule has 0 aliphatic carbocycles. The van der Waals surface area contributed by atoms with Gasteiger partial charge >= 0.3 is 5.97 Å². The SMILES string of the molecule is CCOC(=O)/C=C/C=C/[C@H](C)[C@H](O)c1ccc(OCCO)cc1. The van der Waals surface area contributed by atoms with Crippen molar-refractivity contribution in [3.05, 3.63) is 54.1 Å². The molecule has 0 saturated heterocycles. The van der Waals surface area contributed by atoms with Gasteiger partial charge in [-0.15, -0.1) is 0 Å². The smallest absolute Gasteiger partial charge is 0.330 e. The van der Waals surface area contributed by atoms with Gasteiger partial charge in [0.25, 0.3) is 0 Å². The fraction of sp³-hybridized carbons (Fsp3) is 0.389. The van der Waals surface area contributed by atoms with Crippen LogP contribution in [-0.4, -0.2) is 36.0 Å². The predicted molar refractivity (Wildman–Crippen MR) is 88.1 cm³/mol. The number of carbonyl (C=O) groups excluding carboxylic acids is 1. The number of hydrogen-bond donors (Lipinski definition) is 2. The summed E-state index contributed by atoms with van der Waals surface area (Å²) < 4.78 is 10.0. The van der Waals surface area contributed by atoms with Crippen LogP contribution >= 0.6 is 0 Å². The molecule has 23 heavy (non-hydrogen) atoms. The molecule has 126 valence electrons. The van der Waals surface area contributed by atoms with Crippen molar-refractivity contribution in [2.75, 3.05) is 19.8 Å². The average molecular weight is 320 g/mol. The van der Waals surface area contributed by atoms with Gasteiger partial charge in [-0.25, -0.2) is 4.79 Å². The minimum absolute atomic E-state index is 0.0362. The van der Waals surface area contributed by atoms with Gasteiger partial charge in [-0.05, 0) is 24.6 Å². The predicted octanol–water partition coefficient (Wildman–Crippen LogP) is 2.40. The Hall–Kier alpha value is -2.11.